The van der Waals surface area contributed by atoms with Crippen LogP contribution >= 0.6 is 0 Å². The van der Waals surface area contributed by atoms with Crippen LogP contribution in [0.2, 0.25) is 0 Å². The van der Waals surface area contributed by atoms with Gasteiger partial charge in [-0.3, -0.25) is 4.79 Å². The fourth-order valence-electron chi connectivity index (χ4n) is 3.02. The first kappa shape index (κ1) is 15.6. The molecule has 3 rings (SSSR count). The maximum absolute atomic E-state index is 13.4. The first-order chi connectivity index (χ1) is 10.9. The maximum Gasteiger partial charge on any atom is 0.270 e. The highest BCUT2D eigenvalue weighted by molar-refractivity contribution is 5.96. The highest BCUT2D eigenvalue weighted by Crippen LogP contribution is 2.39. The Morgan fingerprint density at radius 3 is 2.57 bits per heavy atom. The molecule has 0 saturated heterocycles. The van der Waals surface area contributed by atoms with Crippen molar-refractivity contribution in [3.8, 4) is 0 Å². The molecule has 2 unspecified atom stereocenters. The van der Waals surface area contributed by atoms with Crippen LogP contribution in [-0.4, -0.2) is 5.91 Å². The Labute approximate surface area is 133 Å². The van der Waals surface area contributed by atoms with Crippen molar-refractivity contribution in [1.29, 1.82) is 0 Å². The summed E-state index contributed by atoms with van der Waals surface area (Å²) < 4.78 is 26.8. The van der Waals surface area contributed by atoms with E-state index in [1.807, 2.05) is 24.3 Å². The SMILES string of the molecule is CC(F)(F)c1cccc(NC(=O)C2CC(N)c3ccccc32)c1. The van der Waals surface area contributed by atoms with Crippen molar-refractivity contribution in [1.82, 2.24) is 0 Å². The van der Waals surface area contributed by atoms with Crippen LogP contribution in [0.25, 0.3) is 0 Å². The molecule has 0 aromatic heterocycles. The number of nitrogens with one attached hydrogen (secondary N) is 1. The minimum atomic E-state index is -2.94. The summed E-state index contributed by atoms with van der Waals surface area (Å²) in [5.74, 6) is -3.52. The number of alkyl halides is 2. The van der Waals surface area contributed by atoms with Crippen LogP contribution in [-0.2, 0) is 10.7 Å². The fraction of sp³-hybridized carbons (Fsp3) is 0.278. The number of amides is 1. The van der Waals surface area contributed by atoms with Crippen LogP contribution in [0.1, 0.15) is 42.0 Å². The zero-order valence-electron chi connectivity index (χ0n) is 12.7. The standard InChI is InChI=1S/C18H18F2N2O/c1-18(19,20)11-5-4-6-12(9-11)22-17(23)15-10-16(21)14-8-3-2-7-13(14)15/h2-9,15-16H,10,21H2,1H3,(H,22,23). The third-order valence-corrected chi connectivity index (χ3v) is 4.21. The van der Waals surface area contributed by atoms with Gasteiger partial charge in [0.2, 0.25) is 5.91 Å². The Bertz CT molecular complexity index is 740. The summed E-state index contributed by atoms with van der Waals surface area (Å²) in [6, 6.07) is 13.2. The molecule has 0 heterocycles. The lowest BCUT2D eigenvalue weighted by Gasteiger charge is -2.15. The second-order valence-electron chi connectivity index (χ2n) is 5.98. The number of hydrogen-bond acceptors (Lipinski definition) is 2. The molecule has 0 bridgehead atoms. The molecule has 0 spiro atoms. The summed E-state index contributed by atoms with van der Waals surface area (Å²) in [5, 5.41) is 2.73. The molecule has 0 radical (unpaired) electrons. The largest absolute Gasteiger partial charge is 0.326 e. The molecular weight excluding hydrogens is 298 g/mol. The van der Waals surface area contributed by atoms with Gasteiger partial charge in [0.1, 0.15) is 0 Å². The van der Waals surface area contributed by atoms with Gasteiger partial charge in [0.05, 0.1) is 5.92 Å². The van der Waals surface area contributed by atoms with E-state index in [1.165, 1.54) is 18.2 Å². The number of rotatable bonds is 3. The van der Waals surface area contributed by atoms with Crippen LogP contribution in [0.3, 0.4) is 0 Å². The number of nitrogens with two attached hydrogens (primary N) is 1. The molecule has 3 nitrogen and oxygen atoms in total. The van der Waals surface area contributed by atoms with Crippen LogP contribution < -0.4 is 11.1 Å². The second-order valence-corrected chi connectivity index (χ2v) is 5.98. The molecule has 0 saturated carbocycles. The van der Waals surface area contributed by atoms with E-state index in [4.69, 9.17) is 5.73 Å². The minimum absolute atomic E-state index is 0.126. The van der Waals surface area contributed by atoms with Gasteiger partial charge in [0, 0.05) is 24.2 Å². The van der Waals surface area contributed by atoms with Gasteiger partial charge in [-0.15, -0.1) is 0 Å². The first-order valence-corrected chi connectivity index (χ1v) is 7.50. The van der Waals surface area contributed by atoms with E-state index < -0.39 is 5.92 Å². The molecular formula is C18H18F2N2O. The molecule has 2 aromatic rings. The molecule has 2 atom stereocenters. The molecule has 0 fully saturated rings. The van der Waals surface area contributed by atoms with Gasteiger partial charge in [-0.05, 0) is 29.7 Å². The third-order valence-electron chi connectivity index (χ3n) is 4.21. The van der Waals surface area contributed by atoms with Gasteiger partial charge in [0.15, 0.2) is 0 Å². The van der Waals surface area contributed by atoms with Crippen molar-refractivity contribution >= 4 is 11.6 Å². The van der Waals surface area contributed by atoms with Gasteiger partial charge in [0.25, 0.3) is 5.92 Å². The summed E-state index contributed by atoms with van der Waals surface area (Å²) >= 11 is 0. The first-order valence-electron chi connectivity index (χ1n) is 7.50. The smallest absolute Gasteiger partial charge is 0.270 e. The van der Waals surface area contributed by atoms with Gasteiger partial charge in [-0.2, -0.15) is 0 Å². The van der Waals surface area contributed by atoms with E-state index in [2.05, 4.69) is 5.32 Å². The molecule has 1 amide bonds. The second kappa shape index (κ2) is 5.74. The lowest BCUT2D eigenvalue weighted by molar-refractivity contribution is -0.117. The normalized spacial score (nSPS) is 20.2. The van der Waals surface area contributed by atoms with Crippen molar-refractivity contribution in [2.75, 3.05) is 5.32 Å². The van der Waals surface area contributed by atoms with E-state index >= 15 is 0 Å². The van der Waals surface area contributed by atoms with Crippen molar-refractivity contribution in [3.05, 3.63) is 65.2 Å². The Morgan fingerprint density at radius 2 is 1.87 bits per heavy atom. The molecule has 3 N–H and O–H groups in total. The molecule has 5 heteroatoms. The zero-order valence-corrected chi connectivity index (χ0v) is 12.7. The Morgan fingerprint density at radius 1 is 1.17 bits per heavy atom. The maximum atomic E-state index is 13.4. The van der Waals surface area contributed by atoms with E-state index in [1.54, 1.807) is 6.07 Å². The third kappa shape index (κ3) is 3.10. The molecule has 1 aliphatic carbocycles. The number of carbonyl (C=O) groups is 1. The van der Waals surface area contributed by atoms with E-state index in [0.29, 0.717) is 12.1 Å². The van der Waals surface area contributed by atoms with Crippen LogP contribution in [0.15, 0.2) is 48.5 Å². The van der Waals surface area contributed by atoms with Crippen LogP contribution in [0.5, 0.6) is 0 Å². The topological polar surface area (TPSA) is 55.1 Å². The predicted octanol–water partition coefficient (Wildman–Crippen LogP) is 3.92. The molecule has 0 aliphatic heterocycles. The predicted molar refractivity (Wildman–Crippen MR) is 85.4 cm³/mol. The Hall–Kier alpha value is -2.27. The minimum Gasteiger partial charge on any atom is -0.326 e. The average Bonchev–Trinajstić information content (AvgIpc) is 2.85. The number of halogens is 2. The van der Waals surface area contributed by atoms with Gasteiger partial charge < -0.3 is 11.1 Å². The molecule has 120 valence electrons. The summed E-state index contributed by atoms with van der Waals surface area (Å²) in [6.07, 6.45) is 0.523. The summed E-state index contributed by atoms with van der Waals surface area (Å²) in [6.45, 7) is 0.834. The summed E-state index contributed by atoms with van der Waals surface area (Å²) in [7, 11) is 0. The van der Waals surface area contributed by atoms with Crippen molar-refractivity contribution in [2.45, 2.75) is 31.2 Å². The fourth-order valence-corrected chi connectivity index (χ4v) is 3.02. The number of carbonyl (C=O) groups excluding carboxylic acids is 1. The monoisotopic (exact) mass is 316 g/mol. The van der Waals surface area contributed by atoms with Crippen molar-refractivity contribution < 1.29 is 13.6 Å². The van der Waals surface area contributed by atoms with E-state index in [9.17, 15) is 13.6 Å². The van der Waals surface area contributed by atoms with Crippen LogP contribution in [0, 0.1) is 0 Å². The van der Waals surface area contributed by atoms with E-state index in [0.717, 1.165) is 18.1 Å². The van der Waals surface area contributed by atoms with Gasteiger partial charge in [-0.25, -0.2) is 8.78 Å². The number of anilines is 1. The van der Waals surface area contributed by atoms with Crippen LogP contribution in [0.4, 0.5) is 14.5 Å². The number of hydrogen-bond donors (Lipinski definition) is 2. The average molecular weight is 316 g/mol. The van der Waals surface area contributed by atoms with Crippen molar-refractivity contribution in [2.24, 2.45) is 5.73 Å². The van der Waals surface area contributed by atoms with Gasteiger partial charge in [-0.1, -0.05) is 36.4 Å². The summed E-state index contributed by atoms with van der Waals surface area (Å²) in [5.41, 5.74) is 8.20. The van der Waals surface area contributed by atoms with Crippen molar-refractivity contribution in [3.63, 3.8) is 0 Å². The highest BCUT2D eigenvalue weighted by Gasteiger charge is 2.33. The molecule has 2 aromatic carbocycles. The highest BCUT2D eigenvalue weighted by atomic mass is 19.3. The Balaban J connectivity index is 1.81. The quantitative estimate of drug-likeness (QED) is 0.901. The molecule has 23 heavy (non-hydrogen) atoms. The molecule has 1 aliphatic rings. The van der Waals surface area contributed by atoms with E-state index in [-0.39, 0.29) is 23.4 Å². The lowest BCUT2D eigenvalue weighted by Crippen LogP contribution is -2.20. The number of fused-ring (bicyclic) bond motifs is 1. The number of benzene rings is 2. The lowest BCUT2D eigenvalue weighted by atomic mass is 10.0. The Kier molecular flexibility index (Phi) is 3.90. The zero-order chi connectivity index (χ0) is 16.6. The van der Waals surface area contributed by atoms with Gasteiger partial charge >= 0.3 is 0 Å². The summed E-state index contributed by atoms with van der Waals surface area (Å²) in [4.78, 5) is 12.5.